The zero-order valence-electron chi connectivity index (χ0n) is 11.0. The number of nitrogens with two attached hydrogens (primary N) is 1. The number of rotatable bonds is 4. The Hall–Kier alpha value is -1.69. The number of nitrogens with zero attached hydrogens (tertiary/aromatic N) is 3. The molecule has 1 atom stereocenters. The third-order valence-corrected chi connectivity index (χ3v) is 2.48. The molecule has 0 saturated heterocycles. The summed E-state index contributed by atoms with van der Waals surface area (Å²) in [5, 5.41) is 3.96. The van der Waals surface area contributed by atoms with Gasteiger partial charge >= 0.3 is 0 Å². The van der Waals surface area contributed by atoms with Crippen LogP contribution in [0.5, 0.6) is 0 Å². The summed E-state index contributed by atoms with van der Waals surface area (Å²) in [7, 11) is 0. The Morgan fingerprint density at radius 3 is 2.83 bits per heavy atom. The Labute approximate surface area is 106 Å². The van der Waals surface area contributed by atoms with Crippen LogP contribution in [-0.4, -0.2) is 20.1 Å². The van der Waals surface area contributed by atoms with E-state index in [9.17, 15) is 0 Å². The zero-order chi connectivity index (χ0) is 13.2. The van der Waals surface area contributed by atoms with E-state index >= 15 is 0 Å². The molecule has 0 aliphatic carbocycles. The highest BCUT2D eigenvalue weighted by Crippen LogP contribution is 2.20. The van der Waals surface area contributed by atoms with Crippen molar-refractivity contribution in [2.24, 2.45) is 11.1 Å². The highest BCUT2D eigenvalue weighted by atomic mass is 16.5. The highest BCUT2D eigenvalue weighted by molar-refractivity contribution is 5.02. The lowest BCUT2D eigenvalue weighted by atomic mass is 9.92. The van der Waals surface area contributed by atoms with Crippen LogP contribution in [0.25, 0.3) is 0 Å². The van der Waals surface area contributed by atoms with Crippen LogP contribution >= 0.6 is 0 Å². The van der Waals surface area contributed by atoms with E-state index < -0.39 is 0 Å². The van der Waals surface area contributed by atoms with Gasteiger partial charge in [0.2, 0.25) is 5.89 Å². The second-order valence-corrected chi connectivity index (χ2v) is 5.67. The Bertz CT molecular complexity index is 483. The molecule has 2 rings (SSSR count). The van der Waals surface area contributed by atoms with Gasteiger partial charge in [0.1, 0.15) is 0 Å². The summed E-state index contributed by atoms with van der Waals surface area (Å²) >= 11 is 0. The SMILES string of the molecule is CC(C)(C)Cc1noc([C@@H](N)Cc2cnc[nH]2)n1. The van der Waals surface area contributed by atoms with Crippen molar-refractivity contribution >= 4 is 0 Å². The van der Waals surface area contributed by atoms with Crippen LogP contribution in [0, 0.1) is 5.41 Å². The van der Waals surface area contributed by atoms with Crippen molar-refractivity contribution in [3.05, 3.63) is 29.9 Å². The molecule has 6 nitrogen and oxygen atoms in total. The molecule has 2 aromatic rings. The molecule has 0 aliphatic heterocycles. The van der Waals surface area contributed by atoms with Crippen LogP contribution in [-0.2, 0) is 12.8 Å². The van der Waals surface area contributed by atoms with Crippen molar-refractivity contribution in [2.45, 2.75) is 39.7 Å². The lowest BCUT2D eigenvalue weighted by Crippen LogP contribution is -2.15. The molecule has 2 aromatic heterocycles. The maximum Gasteiger partial charge on any atom is 0.243 e. The quantitative estimate of drug-likeness (QED) is 0.858. The van der Waals surface area contributed by atoms with E-state index in [4.69, 9.17) is 10.3 Å². The molecule has 0 bridgehead atoms. The number of imidazole rings is 1. The number of aromatic nitrogens is 4. The van der Waals surface area contributed by atoms with E-state index in [-0.39, 0.29) is 11.5 Å². The van der Waals surface area contributed by atoms with Gasteiger partial charge in [-0.3, -0.25) is 0 Å². The summed E-state index contributed by atoms with van der Waals surface area (Å²) in [5.41, 5.74) is 7.11. The number of aromatic amines is 1. The second kappa shape index (κ2) is 4.89. The Balaban J connectivity index is 2.01. The molecule has 0 spiro atoms. The number of H-pyrrole nitrogens is 1. The van der Waals surface area contributed by atoms with Gasteiger partial charge in [-0.25, -0.2) is 4.98 Å². The van der Waals surface area contributed by atoms with Crippen LogP contribution in [0.4, 0.5) is 0 Å². The van der Waals surface area contributed by atoms with E-state index in [2.05, 4.69) is 40.9 Å². The maximum atomic E-state index is 6.02. The molecule has 0 radical (unpaired) electrons. The molecule has 0 aromatic carbocycles. The minimum absolute atomic E-state index is 0.134. The van der Waals surface area contributed by atoms with Crippen molar-refractivity contribution in [1.29, 1.82) is 0 Å². The summed E-state index contributed by atoms with van der Waals surface area (Å²) in [6.07, 6.45) is 4.75. The Morgan fingerprint density at radius 1 is 1.44 bits per heavy atom. The van der Waals surface area contributed by atoms with Gasteiger partial charge in [0.25, 0.3) is 0 Å². The summed E-state index contributed by atoms with van der Waals surface area (Å²) in [6, 6.07) is -0.299. The standard InChI is InChI=1S/C12H19N5O/c1-12(2,3)5-10-16-11(18-17-10)9(13)4-8-6-14-7-15-8/h6-7,9H,4-5,13H2,1-3H3,(H,14,15)/t9-/m0/s1. The van der Waals surface area contributed by atoms with Crippen LogP contribution in [0.2, 0.25) is 0 Å². The maximum absolute atomic E-state index is 6.02. The third-order valence-electron chi connectivity index (χ3n) is 2.48. The van der Waals surface area contributed by atoms with Crippen molar-refractivity contribution < 1.29 is 4.52 Å². The molecular formula is C12H19N5O. The molecule has 3 N–H and O–H groups in total. The van der Waals surface area contributed by atoms with Crippen LogP contribution in [0.15, 0.2) is 17.0 Å². The first-order valence-electron chi connectivity index (χ1n) is 5.99. The molecule has 2 heterocycles. The monoisotopic (exact) mass is 249 g/mol. The Kier molecular flexibility index (Phi) is 3.47. The van der Waals surface area contributed by atoms with Gasteiger partial charge in [-0.05, 0) is 5.41 Å². The fourth-order valence-corrected chi connectivity index (χ4v) is 1.68. The second-order valence-electron chi connectivity index (χ2n) is 5.67. The van der Waals surface area contributed by atoms with E-state index in [0.717, 1.165) is 12.1 Å². The Morgan fingerprint density at radius 2 is 2.22 bits per heavy atom. The van der Waals surface area contributed by atoms with Gasteiger partial charge in [-0.15, -0.1) is 0 Å². The van der Waals surface area contributed by atoms with E-state index in [1.54, 1.807) is 12.5 Å². The van der Waals surface area contributed by atoms with Crippen molar-refractivity contribution in [2.75, 3.05) is 0 Å². The van der Waals surface area contributed by atoms with Gasteiger partial charge in [0.15, 0.2) is 5.82 Å². The van der Waals surface area contributed by atoms with Gasteiger partial charge in [-0.1, -0.05) is 25.9 Å². The van der Waals surface area contributed by atoms with Crippen LogP contribution in [0.1, 0.15) is 44.2 Å². The number of nitrogens with one attached hydrogen (secondary N) is 1. The molecule has 0 saturated carbocycles. The van der Waals surface area contributed by atoms with Crippen LogP contribution in [0.3, 0.4) is 0 Å². The summed E-state index contributed by atoms with van der Waals surface area (Å²) in [4.78, 5) is 11.3. The minimum atomic E-state index is -0.299. The van der Waals surface area contributed by atoms with E-state index in [1.807, 2.05) is 0 Å². The summed E-state index contributed by atoms with van der Waals surface area (Å²) in [6.45, 7) is 6.40. The summed E-state index contributed by atoms with van der Waals surface area (Å²) < 4.78 is 5.20. The highest BCUT2D eigenvalue weighted by Gasteiger charge is 2.19. The lowest BCUT2D eigenvalue weighted by Gasteiger charge is -2.14. The first-order chi connectivity index (χ1) is 8.44. The van der Waals surface area contributed by atoms with Crippen molar-refractivity contribution in [3.8, 4) is 0 Å². The van der Waals surface area contributed by atoms with Crippen molar-refractivity contribution in [1.82, 2.24) is 20.1 Å². The molecular weight excluding hydrogens is 230 g/mol. The fraction of sp³-hybridized carbons (Fsp3) is 0.583. The third kappa shape index (κ3) is 3.40. The first-order valence-corrected chi connectivity index (χ1v) is 5.99. The van der Waals surface area contributed by atoms with Gasteiger partial charge in [0, 0.05) is 24.7 Å². The first kappa shape index (κ1) is 12.8. The fourth-order valence-electron chi connectivity index (χ4n) is 1.68. The average Bonchev–Trinajstić information content (AvgIpc) is 2.86. The smallest absolute Gasteiger partial charge is 0.243 e. The normalized spacial score (nSPS) is 13.8. The predicted octanol–water partition coefficient (Wildman–Crippen LogP) is 1.62. The van der Waals surface area contributed by atoms with Crippen molar-refractivity contribution in [3.63, 3.8) is 0 Å². The lowest BCUT2D eigenvalue weighted by molar-refractivity contribution is 0.339. The van der Waals surface area contributed by atoms with Crippen LogP contribution < -0.4 is 5.73 Å². The minimum Gasteiger partial charge on any atom is -0.348 e. The molecule has 98 valence electrons. The molecule has 0 unspecified atom stereocenters. The van der Waals surface area contributed by atoms with Gasteiger partial charge in [0.05, 0.1) is 12.4 Å². The molecule has 0 fully saturated rings. The predicted molar refractivity (Wildman–Crippen MR) is 66.7 cm³/mol. The molecule has 0 amide bonds. The zero-order valence-corrected chi connectivity index (χ0v) is 11.0. The van der Waals surface area contributed by atoms with Gasteiger partial charge < -0.3 is 15.2 Å². The largest absolute Gasteiger partial charge is 0.348 e. The van der Waals surface area contributed by atoms with Gasteiger partial charge in [-0.2, -0.15) is 4.98 Å². The van der Waals surface area contributed by atoms with E-state index in [0.29, 0.717) is 18.1 Å². The average molecular weight is 249 g/mol. The van der Waals surface area contributed by atoms with E-state index in [1.165, 1.54) is 0 Å². The molecule has 0 aliphatic rings. The number of hydrogen-bond donors (Lipinski definition) is 2. The topological polar surface area (TPSA) is 93.6 Å². The molecule has 6 heteroatoms. The molecule has 18 heavy (non-hydrogen) atoms. The number of hydrogen-bond acceptors (Lipinski definition) is 5. The summed E-state index contributed by atoms with van der Waals surface area (Å²) in [5.74, 6) is 1.18.